The zero-order valence-electron chi connectivity index (χ0n) is 14.2. The van der Waals surface area contributed by atoms with Crippen LogP contribution in [0.15, 0.2) is 47.6 Å². The predicted octanol–water partition coefficient (Wildman–Crippen LogP) is 4.72. The van der Waals surface area contributed by atoms with Crippen LogP contribution in [0.2, 0.25) is 0 Å². The normalized spacial score (nSPS) is 15.5. The molecule has 4 heteroatoms. The van der Waals surface area contributed by atoms with Crippen LogP contribution < -0.4 is 10.7 Å². The predicted molar refractivity (Wildman–Crippen MR) is 106 cm³/mol. The number of hydrogen-bond donors (Lipinski definition) is 2. The quantitative estimate of drug-likeness (QED) is 0.473. The maximum absolute atomic E-state index is 5.41. The summed E-state index contributed by atoms with van der Waals surface area (Å²) in [6.45, 7) is 4.19. The Balaban J connectivity index is 1.73. The Morgan fingerprint density at radius 2 is 1.79 bits per heavy atom. The lowest BCUT2D eigenvalue weighted by Gasteiger charge is -2.13. The highest BCUT2D eigenvalue weighted by atomic mass is 32.1. The highest BCUT2D eigenvalue weighted by Gasteiger charge is 2.13. The van der Waals surface area contributed by atoms with E-state index in [1.165, 1.54) is 28.7 Å². The summed E-state index contributed by atoms with van der Waals surface area (Å²) >= 11 is 5.41. The summed E-state index contributed by atoms with van der Waals surface area (Å²) in [6.07, 6.45) is 4.48. The molecule has 2 aromatic rings. The molecule has 1 aliphatic rings. The molecule has 0 aromatic heterocycles. The van der Waals surface area contributed by atoms with Crippen molar-refractivity contribution in [1.29, 1.82) is 0 Å². The third-order valence-corrected chi connectivity index (χ3v) is 4.78. The van der Waals surface area contributed by atoms with Gasteiger partial charge in [-0.2, -0.15) is 5.10 Å². The molecule has 1 aliphatic carbocycles. The van der Waals surface area contributed by atoms with Gasteiger partial charge in [0.15, 0.2) is 5.11 Å². The van der Waals surface area contributed by atoms with Crippen LogP contribution in [-0.2, 0) is 6.42 Å². The van der Waals surface area contributed by atoms with Gasteiger partial charge in [-0.1, -0.05) is 36.4 Å². The molecule has 0 unspecified atom stereocenters. The van der Waals surface area contributed by atoms with Gasteiger partial charge in [0.25, 0.3) is 0 Å². The lowest BCUT2D eigenvalue weighted by molar-refractivity contribution is 0.774. The Bertz CT molecular complexity index is 780. The fourth-order valence-corrected chi connectivity index (χ4v) is 3.19. The van der Waals surface area contributed by atoms with Gasteiger partial charge in [-0.05, 0) is 74.5 Å². The minimum Gasteiger partial charge on any atom is -0.331 e. The molecule has 124 valence electrons. The molecule has 0 bridgehead atoms. The molecule has 0 saturated heterocycles. The van der Waals surface area contributed by atoms with Crippen molar-refractivity contribution in [3.63, 3.8) is 0 Å². The van der Waals surface area contributed by atoms with E-state index in [4.69, 9.17) is 12.2 Å². The number of hydrogen-bond acceptors (Lipinski definition) is 2. The van der Waals surface area contributed by atoms with Crippen molar-refractivity contribution < 1.29 is 0 Å². The molecule has 2 aromatic carbocycles. The molecular weight excluding hydrogens is 314 g/mol. The molecule has 2 N–H and O–H groups in total. The van der Waals surface area contributed by atoms with E-state index >= 15 is 0 Å². The topological polar surface area (TPSA) is 36.4 Å². The van der Waals surface area contributed by atoms with E-state index in [2.05, 4.69) is 60.0 Å². The average molecular weight is 337 g/mol. The zero-order valence-corrected chi connectivity index (χ0v) is 15.0. The van der Waals surface area contributed by atoms with Crippen LogP contribution in [0.4, 0.5) is 5.69 Å². The summed E-state index contributed by atoms with van der Waals surface area (Å²) in [4.78, 5) is 0. The Kier molecular flexibility index (Phi) is 5.26. The van der Waals surface area contributed by atoms with Gasteiger partial charge in [-0.3, -0.25) is 5.43 Å². The molecule has 0 heterocycles. The molecule has 0 radical (unpaired) electrons. The molecule has 0 atom stereocenters. The van der Waals surface area contributed by atoms with Gasteiger partial charge >= 0.3 is 0 Å². The first-order valence-corrected chi connectivity index (χ1v) is 8.84. The highest BCUT2D eigenvalue weighted by Crippen LogP contribution is 2.21. The van der Waals surface area contributed by atoms with Crippen molar-refractivity contribution in [1.82, 2.24) is 5.43 Å². The second-order valence-electron chi connectivity index (χ2n) is 6.24. The lowest BCUT2D eigenvalue weighted by Crippen LogP contribution is -2.26. The number of fused-ring (bicyclic) bond motifs is 1. The molecule has 0 spiro atoms. The number of rotatable bonds is 2. The van der Waals surface area contributed by atoms with Crippen LogP contribution in [0.3, 0.4) is 0 Å². The molecule has 0 saturated carbocycles. The largest absolute Gasteiger partial charge is 0.331 e. The van der Waals surface area contributed by atoms with Crippen LogP contribution in [-0.4, -0.2) is 10.8 Å². The molecule has 3 nitrogen and oxygen atoms in total. The standard InChI is InChI=1S/C20H23N3S/c1-14-8-7-13-18(15(14)2)21-20(24)23-22-19-12-6-4-10-16-9-3-5-11-17(16)19/h3,5,7-9,11,13H,4,6,10,12H2,1-2H3,(H2,21,23,24)/b22-19+. The summed E-state index contributed by atoms with van der Waals surface area (Å²) in [5.41, 5.74) is 10.2. The van der Waals surface area contributed by atoms with Crippen molar-refractivity contribution in [2.75, 3.05) is 5.32 Å². The molecule has 0 aliphatic heterocycles. The van der Waals surface area contributed by atoms with Crippen LogP contribution in [0.5, 0.6) is 0 Å². The fraction of sp³-hybridized carbons (Fsp3) is 0.300. The van der Waals surface area contributed by atoms with Crippen LogP contribution in [0.1, 0.15) is 41.5 Å². The Morgan fingerprint density at radius 1 is 1.00 bits per heavy atom. The Labute approximate surface area is 149 Å². The number of aryl methyl sites for hydroxylation is 2. The van der Waals surface area contributed by atoms with Crippen molar-refractivity contribution in [3.8, 4) is 0 Å². The van der Waals surface area contributed by atoms with Crippen molar-refractivity contribution >= 4 is 28.7 Å². The zero-order chi connectivity index (χ0) is 16.9. The van der Waals surface area contributed by atoms with E-state index < -0.39 is 0 Å². The molecular formula is C20H23N3S. The molecule has 3 rings (SSSR count). The summed E-state index contributed by atoms with van der Waals surface area (Å²) in [7, 11) is 0. The van der Waals surface area contributed by atoms with Gasteiger partial charge in [-0.15, -0.1) is 0 Å². The van der Waals surface area contributed by atoms with Crippen LogP contribution in [0.25, 0.3) is 0 Å². The smallest absolute Gasteiger partial charge is 0.191 e. The number of anilines is 1. The third kappa shape index (κ3) is 3.82. The van der Waals surface area contributed by atoms with Gasteiger partial charge < -0.3 is 5.32 Å². The number of nitrogens with one attached hydrogen (secondary N) is 2. The van der Waals surface area contributed by atoms with Gasteiger partial charge in [0, 0.05) is 11.3 Å². The summed E-state index contributed by atoms with van der Waals surface area (Å²) in [6, 6.07) is 14.7. The Hall–Kier alpha value is -2.20. The maximum Gasteiger partial charge on any atom is 0.191 e. The van der Waals surface area contributed by atoms with Crippen LogP contribution in [0, 0.1) is 13.8 Å². The monoisotopic (exact) mass is 337 g/mol. The van der Waals surface area contributed by atoms with Gasteiger partial charge in [0.1, 0.15) is 0 Å². The molecule has 0 fully saturated rings. The summed E-state index contributed by atoms with van der Waals surface area (Å²) in [5, 5.41) is 8.36. The van der Waals surface area contributed by atoms with E-state index in [1.807, 2.05) is 12.1 Å². The van der Waals surface area contributed by atoms with E-state index in [0.29, 0.717) is 5.11 Å². The first-order valence-electron chi connectivity index (χ1n) is 8.43. The lowest BCUT2D eigenvalue weighted by atomic mass is 10.0. The van der Waals surface area contributed by atoms with Crippen molar-refractivity contribution in [3.05, 3.63) is 64.7 Å². The van der Waals surface area contributed by atoms with Gasteiger partial charge in [-0.25, -0.2) is 0 Å². The first kappa shape index (κ1) is 16.7. The second kappa shape index (κ2) is 7.58. The first-order chi connectivity index (χ1) is 11.6. The molecule has 24 heavy (non-hydrogen) atoms. The van der Waals surface area contributed by atoms with Gasteiger partial charge in [0.2, 0.25) is 0 Å². The third-order valence-electron chi connectivity index (χ3n) is 4.58. The number of nitrogens with zero attached hydrogens (tertiary/aromatic N) is 1. The number of benzene rings is 2. The van der Waals surface area contributed by atoms with Crippen molar-refractivity contribution in [2.24, 2.45) is 5.10 Å². The number of thiocarbonyl (C=S) groups is 1. The van der Waals surface area contributed by atoms with E-state index in [-0.39, 0.29) is 0 Å². The minimum absolute atomic E-state index is 0.526. The summed E-state index contributed by atoms with van der Waals surface area (Å²) < 4.78 is 0. The van der Waals surface area contributed by atoms with E-state index in [1.54, 1.807) is 0 Å². The average Bonchev–Trinajstić information content (AvgIpc) is 2.79. The van der Waals surface area contributed by atoms with E-state index in [0.717, 1.165) is 30.7 Å². The Morgan fingerprint density at radius 3 is 2.67 bits per heavy atom. The minimum atomic E-state index is 0.526. The number of hydrazone groups is 1. The maximum atomic E-state index is 5.41. The van der Waals surface area contributed by atoms with Crippen molar-refractivity contribution in [2.45, 2.75) is 39.5 Å². The summed E-state index contributed by atoms with van der Waals surface area (Å²) in [5.74, 6) is 0. The van der Waals surface area contributed by atoms with Crippen LogP contribution >= 0.6 is 12.2 Å². The highest BCUT2D eigenvalue weighted by molar-refractivity contribution is 7.80. The fourth-order valence-electron chi connectivity index (χ4n) is 3.03. The second-order valence-corrected chi connectivity index (χ2v) is 6.64. The molecule has 0 amide bonds. The van der Waals surface area contributed by atoms with Gasteiger partial charge in [0.05, 0.1) is 5.71 Å². The van der Waals surface area contributed by atoms with E-state index in [9.17, 15) is 0 Å². The SMILES string of the molecule is Cc1cccc(NC(=S)N/N=C2\CCCCc3ccccc32)c1C.